The van der Waals surface area contributed by atoms with Crippen molar-refractivity contribution in [1.82, 2.24) is 4.98 Å². The third kappa shape index (κ3) is 4.58. The molecule has 0 radical (unpaired) electrons. The average Bonchev–Trinajstić information content (AvgIpc) is 2.78. The maximum Gasteiger partial charge on any atom is 0.0514 e. The van der Waals surface area contributed by atoms with E-state index in [0.29, 0.717) is 11.8 Å². The second kappa shape index (κ2) is 10.0. The normalized spacial score (nSPS) is 16.7. The van der Waals surface area contributed by atoms with Gasteiger partial charge >= 0.3 is 0 Å². The number of rotatable bonds is 4. The molecule has 0 bridgehead atoms. The molecule has 0 saturated heterocycles. The Bertz CT molecular complexity index is 743. The lowest BCUT2D eigenvalue weighted by Crippen LogP contribution is -2.20. The number of halogens is 2. The number of hydrogen-bond donors (Lipinski definition) is 1. The van der Waals surface area contributed by atoms with E-state index in [-0.39, 0.29) is 0 Å². The molecule has 142 valence electrons. The van der Waals surface area contributed by atoms with Gasteiger partial charge in [-0.25, -0.2) is 0 Å². The van der Waals surface area contributed by atoms with Crippen LogP contribution in [0.15, 0.2) is 33.3 Å². The maximum atomic E-state index is 5.94. The third-order valence-corrected chi connectivity index (χ3v) is 6.22. The molecule has 0 saturated carbocycles. The molecule has 26 heavy (non-hydrogen) atoms. The maximum absolute atomic E-state index is 5.94. The lowest BCUT2D eigenvalue weighted by atomic mass is 9.78. The van der Waals surface area contributed by atoms with Crippen molar-refractivity contribution in [3.8, 4) is 0 Å². The number of hydrogen-bond acceptors (Lipinski definition) is 2. The zero-order valence-corrected chi connectivity index (χ0v) is 19.5. The SMILES string of the molecule is CC.CCC(CCN)C1c2ncc(Br)cc2CCc2cc(C)cc(Br)c21. The lowest BCUT2D eigenvalue weighted by Gasteiger charge is -2.29. The van der Waals surface area contributed by atoms with Crippen molar-refractivity contribution in [2.24, 2.45) is 11.7 Å². The zero-order valence-electron chi connectivity index (χ0n) is 16.3. The lowest BCUT2D eigenvalue weighted by molar-refractivity contribution is 0.418. The number of pyridine rings is 1. The number of aryl methyl sites for hydroxylation is 3. The van der Waals surface area contributed by atoms with Crippen molar-refractivity contribution < 1.29 is 0 Å². The highest BCUT2D eigenvalue weighted by atomic mass is 79.9. The molecule has 1 aliphatic rings. The summed E-state index contributed by atoms with van der Waals surface area (Å²) in [5, 5.41) is 0. The van der Waals surface area contributed by atoms with E-state index in [0.717, 1.165) is 36.7 Å². The van der Waals surface area contributed by atoms with Gasteiger partial charge < -0.3 is 5.73 Å². The first-order valence-electron chi connectivity index (χ1n) is 9.68. The van der Waals surface area contributed by atoms with Gasteiger partial charge in [0.25, 0.3) is 0 Å². The molecule has 0 aliphatic heterocycles. The smallest absolute Gasteiger partial charge is 0.0514 e. The van der Waals surface area contributed by atoms with E-state index in [1.807, 2.05) is 20.0 Å². The van der Waals surface area contributed by atoms with Crippen molar-refractivity contribution in [3.63, 3.8) is 0 Å². The Morgan fingerprint density at radius 3 is 2.50 bits per heavy atom. The first kappa shape index (κ1) is 21.6. The van der Waals surface area contributed by atoms with E-state index in [9.17, 15) is 0 Å². The van der Waals surface area contributed by atoms with E-state index >= 15 is 0 Å². The summed E-state index contributed by atoms with van der Waals surface area (Å²) in [6.07, 6.45) is 6.18. The monoisotopic (exact) mass is 480 g/mol. The Hall–Kier alpha value is -0.710. The molecule has 2 N–H and O–H groups in total. The molecule has 2 aromatic rings. The van der Waals surface area contributed by atoms with Crippen LogP contribution in [0.4, 0.5) is 0 Å². The van der Waals surface area contributed by atoms with Crippen LogP contribution in [0.1, 0.15) is 67.5 Å². The molecule has 1 aromatic carbocycles. The van der Waals surface area contributed by atoms with Gasteiger partial charge in [0, 0.05) is 21.1 Å². The molecule has 0 amide bonds. The van der Waals surface area contributed by atoms with Crippen LogP contribution < -0.4 is 5.73 Å². The first-order chi connectivity index (χ1) is 12.5. The molecule has 1 heterocycles. The molecule has 4 heteroatoms. The Labute approximate surface area is 175 Å². The topological polar surface area (TPSA) is 38.9 Å². The van der Waals surface area contributed by atoms with Gasteiger partial charge in [-0.2, -0.15) is 0 Å². The van der Waals surface area contributed by atoms with Crippen molar-refractivity contribution in [2.45, 2.75) is 59.3 Å². The van der Waals surface area contributed by atoms with E-state index in [4.69, 9.17) is 10.7 Å². The molecule has 2 atom stereocenters. The van der Waals surface area contributed by atoms with Crippen molar-refractivity contribution in [1.29, 1.82) is 0 Å². The van der Waals surface area contributed by atoms with Gasteiger partial charge in [0.1, 0.15) is 0 Å². The number of aromatic nitrogens is 1. The van der Waals surface area contributed by atoms with E-state index < -0.39 is 0 Å². The minimum Gasteiger partial charge on any atom is -0.330 e. The van der Waals surface area contributed by atoms with Gasteiger partial charge in [0.05, 0.1) is 5.69 Å². The molecular weight excluding hydrogens is 452 g/mol. The van der Waals surface area contributed by atoms with Gasteiger partial charge in [-0.05, 0) is 89.0 Å². The van der Waals surface area contributed by atoms with Crippen LogP contribution >= 0.6 is 31.9 Å². The zero-order chi connectivity index (χ0) is 19.3. The highest BCUT2D eigenvalue weighted by Gasteiger charge is 2.32. The molecule has 0 fully saturated rings. The molecule has 0 spiro atoms. The fraction of sp³-hybridized carbons (Fsp3) is 0.500. The van der Waals surface area contributed by atoms with Gasteiger partial charge in [0.15, 0.2) is 0 Å². The van der Waals surface area contributed by atoms with Crippen LogP contribution in [-0.2, 0) is 12.8 Å². The van der Waals surface area contributed by atoms with Crippen molar-refractivity contribution in [2.75, 3.05) is 6.54 Å². The van der Waals surface area contributed by atoms with Crippen LogP contribution in [0, 0.1) is 12.8 Å². The minimum atomic E-state index is 0.314. The number of nitrogens with zero attached hydrogens (tertiary/aromatic N) is 1. The molecule has 1 aromatic heterocycles. The van der Waals surface area contributed by atoms with Gasteiger partial charge in [-0.1, -0.05) is 49.2 Å². The quantitative estimate of drug-likeness (QED) is 0.537. The van der Waals surface area contributed by atoms with Crippen LogP contribution in [0.5, 0.6) is 0 Å². The third-order valence-electron chi connectivity index (χ3n) is 5.13. The van der Waals surface area contributed by atoms with Crippen LogP contribution in [0.3, 0.4) is 0 Å². The van der Waals surface area contributed by atoms with E-state index in [2.05, 4.69) is 63.9 Å². The standard InChI is InChI=1S/C20H24Br2N2.C2H6/c1-3-13(6-7-23)19-18-14(8-12(2)9-17(18)22)4-5-15-10-16(21)11-24-20(15)19;1-2/h8-11,13,19H,3-7,23H2,1-2H3;1-2H3. The van der Waals surface area contributed by atoms with Crippen molar-refractivity contribution >= 4 is 31.9 Å². The molecule has 1 aliphatic carbocycles. The Kier molecular flexibility index (Phi) is 8.31. The summed E-state index contributed by atoms with van der Waals surface area (Å²) in [5.41, 5.74) is 12.7. The van der Waals surface area contributed by atoms with E-state index in [1.54, 1.807) is 0 Å². The van der Waals surface area contributed by atoms with E-state index in [1.165, 1.54) is 32.4 Å². The highest BCUT2D eigenvalue weighted by molar-refractivity contribution is 9.10. The largest absolute Gasteiger partial charge is 0.330 e. The second-order valence-electron chi connectivity index (χ2n) is 6.74. The molecule has 3 rings (SSSR count). The van der Waals surface area contributed by atoms with Crippen LogP contribution in [0.2, 0.25) is 0 Å². The van der Waals surface area contributed by atoms with Crippen LogP contribution in [-0.4, -0.2) is 11.5 Å². The number of fused-ring (bicyclic) bond motifs is 2. The summed E-state index contributed by atoms with van der Waals surface area (Å²) in [6, 6.07) is 6.84. The minimum absolute atomic E-state index is 0.314. The summed E-state index contributed by atoms with van der Waals surface area (Å²) in [5.74, 6) is 0.826. The Morgan fingerprint density at radius 1 is 1.15 bits per heavy atom. The predicted molar refractivity (Wildman–Crippen MR) is 119 cm³/mol. The van der Waals surface area contributed by atoms with Gasteiger partial charge in [-0.3, -0.25) is 4.98 Å². The van der Waals surface area contributed by atoms with Crippen LogP contribution in [0.25, 0.3) is 0 Å². The molecular formula is C22H30Br2N2. The number of benzene rings is 1. The second-order valence-corrected chi connectivity index (χ2v) is 8.51. The number of nitrogens with two attached hydrogens (primary N) is 1. The first-order valence-corrected chi connectivity index (χ1v) is 11.3. The summed E-state index contributed by atoms with van der Waals surface area (Å²) in [7, 11) is 0. The highest BCUT2D eigenvalue weighted by Crippen LogP contribution is 2.44. The van der Waals surface area contributed by atoms with Crippen molar-refractivity contribution in [3.05, 3.63) is 61.3 Å². The Balaban J connectivity index is 0.00000117. The van der Waals surface area contributed by atoms with Gasteiger partial charge in [0.2, 0.25) is 0 Å². The fourth-order valence-corrected chi connectivity index (χ4v) is 5.28. The molecule has 2 unspecified atom stereocenters. The predicted octanol–water partition coefficient (Wildman–Crippen LogP) is 6.55. The Morgan fingerprint density at radius 2 is 1.85 bits per heavy atom. The summed E-state index contributed by atoms with van der Waals surface area (Å²) in [6.45, 7) is 9.16. The fourth-order valence-electron chi connectivity index (χ4n) is 4.04. The average molecular weight is 482 g/mol. The summed E-state index contributed by atoms with van der Waals surface area (Å²) in [4.78, 5) is 4.87. The summed E-state index contributed by atoms with van der Waals surface area (Å²) < 4.78 is 2.28. The molecule has 2 nitrogen and oxygen atoms in total. The summed E-state index contributed by atoms with van der Waals surface area (Å²) >= 11 is 7.44. The van der Waals surface area contributed by atoms with Gasteiger partial charge in [-0.15, -0.1) is 0 Å².